The molecule has 0 aliphatic carbocycles. The van der Waals surface area contributed by atoms with Gasteiger partial charge in [-0.05, 0) is 31.0 Å². The Balaban J connectivity index is 2.02. The number of carbonyl (C=O) groups is 2. The summed E-state index contributed by atoms with van der Waals surface area (Å²) in [5.41, 5.74) is -0.0903. The van der Waals surface area contributed by atoms with Crippen LogP contribution in [0.15, 0.2) is 36.4 Å². The maximum Gasteiger partial charge on any atom is 0.346 e. The standard InChI is InChI=1S/C20H21FN2O7/c1-12(19(24)22-9-8-13-4-6-14(21)7-5-13)30-20(25)15-10-17(28-2)18(29-3)11-16(15)23(26)27/h4-7,10-12H,8-9H2,1-3H3,(H,22,24)/t12-/m1/s1. The van der Waals surface area contributed by atoms with E-state index in [0.717, 1.165) is 17.7 Å². The number of hydrogen-bond acceptors (Lipinski definition) is 7. The van der Waals surface area contributed by atoms with Crippen molar-refractivity contribution < 1.29 is 33.1 Å². The van der Waals surface area contributed by atoms with Crippen molar-refractivity contribution in [3.63, 3.8) is 0 Å². The van der Waals surface area contributed by atoms with Crippen LogP contribution in [0.3, 0.4) is 0 Å². The first-order valence-electron chi connectivity index (χ1n) is 8.90. The molecule has 0 aromatic heterocycles. The number of hydrogen-bond donors (Lipinski definition) is 1. The third-order valence-corrected chi connectivity index (χ3v) is 4.20. The van der Waals surface area contributed by atoms with E-state index < -0.39 is 28.6 Å². The molecule has 0 fully saturated rings. The van der Waals surface area contributed by atoms with E-state index in [1.54, 1.807) is 12.1 Å². The van der Waals surface area contributed by atoms with E-state index in [4.69, 9.17) is 14.2 Å². The number of nitro benzene ring substituents is 1. The summed E-state index contributed by atoms with van der Waals surface area (Å²) in [7, 11) is 2.62. The van der Waals surface area contributed by atoms with E-state index in [9.17, 15) is 24.1 Å². The van der Waals surface area contributed by atoms with Gasteiger partial charge in [0.2, 0.25) is 0 Å². The quantitative estimate of drug-likeness (QED) is 0.376. The molecule has 10 heteroatoms. The Morgan fingerprint density at radius 2 is 1.73 bits per heavy atom. The largest absolute Gasteiger partial charge is 0.493 e. The van der Waals surface area contributed by atoms with Gasteiger partial charge >= 0.3 is 5.97 Å². The molecule has 1 amide bonds. The Morgan fingerprint density at radius 1 is 1.13 bits per heavy atom. The topological polar surface area (TPSA) is 117 Å². The van der Waals surface area contributed by atoms with Crippen LogP contribution in [-0.4, -0.2) is 43.7 Å². The molecule has 2 aromatic carbocycles. The van der Waals surface area contributed by atoms with Crippen LogP contribution in [0.2, 0.25) is 0 Å². The molecule has 0 unspecified atom stereocenters. The molecule has 2 rings (SSSR count). The number of halogens is 1. The number of nitrogens with zero attached hydrogens (tertiary/aromatic N) is 1. The minimum Gasteiger partial charge on any atom is -0.493 e. The Labute approximate surface area is 171 Å². The van der Waals surface area contributed by atoms with Gasteiger partial charge in [-0.2, -0.15) is 0 Å². The molecule has 0 aliphatic heterocycles. The number of methoxy groups -OCH3 is 2. The Kier molecular flexibility index (Phi) is 7.68. The van der Waals surface area contributed by atoms with E-state index in [0.29, 0.717) is 6.42 Å². The third kappa shape index (κ3) is 5.66. The molecule has 0 spiro atoms. The highest BCUT2D eigenvalue weighted by Crippen LogP contribution is 2.34. The van der Waals surface area contributed by atoms with Gasteiger partial charge in [-0.3, -0.25) is 14.9 Å². The lowest BCUT2D eigenvalue weighted by Crippen LogP contribution is -2.37. The lowest BCUT2D eigenvalue weighted by atomic mass is 10.1. The number of nitro groups is 1. The second-order valence-electron chi connectivity index (χ2n) is 6.20. The summed E-state index contributed by atoms with van der Waals surface area (Å²) in [6.07, 6.45) is -0.744. The molecule has 160 valence electrons. The SMILES string of the molecule is COc1cc(C(=O)O[C@H](C)C(=O)NCCc2ccc(F)cc2)c([N+](=O)[O-])cc1OC. The van der Waals surface area contributed by atoms with Gasteiger partial charge in [-0.15, -0.1) is 0 Å². The van der Waals surface area contributed by atoms with Crippen molar-refractivity contribution >= 4 is 17.6 Å². The molecule has 9 nitrogen and oxygen atoms in total. The average Bonchev–Trinajstić information content (AvgIpc) is 2.73. The number of benzene rings is 2. The minimum atomic E-state index is -1.20. The third-order valence-electron chi connectivity index (χ3n) is 4.20. The van der Waals surface area contributed by atoms with E-state index >= 15 is 0 Å². The molecular formula is C20H21FN2O7. The van der Waals surface area contributed by atoms with Crippen LogP contribution < -0.4 is 14.8 Å². The number of amides is 1. The van der Waals surface area contributed by atoms with Crippen LogP contribution in [0, 0.1) is 15.9 Å². The van der Waals surface area contributed by atoms with Crippen LogP contribution in [0.1, 0.15) is 22.8 Å². The molecule has 0 heterocycles. The summed E-state index contributed by atoms with van der Waals surface area (Å²) in [5, 5.41) is 13.9. The highest BCUT2D eigenvalue weighted by atomic mass is 19.1. The molecule has 1 N–H and O–H groups in total. The smallest absolute Gasteiger partial charge is 0.346 e. The zero-order valence-electron chi connectivity index (χ0n) is 16.6. The Morgan fingerprint density at radius 3 is 2.30 bits per heavy atom. The van der Waals surface area contributed by atoms with Crippen molar-refractivity contribution in [2.24, 2.45) is 0 Å². The number of ether oxygens (including phenoxy) is 3. The number of rotatable bonds is 9. The normalized spacial score (nSPS) is 11.3. The summed E-state index contributed by atoms with van der Waals surface area (Å²) in [5.74, 6) is -1.80. The van der Waals surface area contributed by atoms with Crippen LogP contribution in [0.4, 0.5) is 10.1 Å². The highest BCUT2D eigenvalue weighted by molar-refractivity contribution is 5.96. The lowest BCUT2D eigenvalue weighted by molar-refractivity contribution is -0.385. The van der Waals surface area contributed by atoms with Gasteiger partial charge in [0.1, 0.15) is 11.4 Å². The predicted octanol–water partition coefficient (Wildman–Crippen LogP) is 2.66. The first-order valence-corrected chi connectivity index (χ1v) is 8.90. The summed E-state index contributed by atoms with van der Waals surface area (Å²) in [6, 6.07) is 8.00. The van der Waals surface area contributed by atoms with E-state index in [-0.39, 0.29) is 29.4 Å². The van der Waals surface area contributed by atoms with Gasteiger partial charge in [-0.25, -0.2) is 9.18 Å². The molecule has 0 bridgehead atoms. The monoisotopic (exact) mass is 420 g/mol. The first kappa shape index (κ1) is 22.6. The first-order chi connectivity index (χ1) is 14.3. The zero-order chi connectivity index (χ0) is 22.3. The fourth-order valence-electron chi connectivity index (χ4n) is 2.59. The van der Waals surface area contributed by atoms with Gasteiger partial charge < -0.3 is 19.5 Å². The van der Waals surface area contributed by atoms with Crippen molar-refractivity contribution in [3.8, 4) is 11.5 Å². The molecule has 0 saturated heterocycles. The van der Waals surface area contributed by atoms with Crippen molar-refractivity contribution in [3.05, 3.63) is 63.5 Å². The van der Waals surface area contributed by atoms with E-state index in [1.165, 1.54) is 33.3 Å². The fraction of sp³-hybridized carbons (Fsp3) is 0.300. The predicted molar refractivity (Wildman–Crippen MR) is 104 cm³/mol. The van der Waals surface area contributed by atoms with Crippen LogP contribution in [-0.2, 0) is 16.0 Å². The summed E-state index contributed by atoms with van der Waals surface area (Å²) in [4.78, 5) is 35.2. The van der Waals surface area contributed by atoms with Crippen molar-refractivity contribution in [1.82, 2.24) is 5.32 Å². The summed E-state index contributed by atoms with van der Waals surface area (Å²) >= 11 is 0. The van der Waals surface area contributed by atoms with E-state index in [2.05, 4.69) is 5.32 Å². The maximum atomic E-state index is 12.9. The summed E-state index contributed by atoms with van der Waals surface area (Å²) < 4.78 is 28.0. The molecule has 0 saturated carbocycles. The Bertz CT molecular complexity index is 931. The molecule has 0 aliphatic rings. The van der Waals surface area contributed by atoms with Gasteiger partial charge in [0, 0.05) is 12.6 Å². The number of esters is 1. The second kappa shape index (κ2) is 10.2. The van der Waals surface area contributed by atoms with Crippen molar-refractivity contribution in [1.29, 1.82) is 0 Å². The molecule has 30 heavy (non-hydrogen) atoms. The molecule has 0 radical (unpaired) electrons. The maximum absolute atomic E-state index is 12.9. The minimum absolute atomic E-state index is 0.0762. The van der Waals surface area contributed by atoms with Crippen LogP contribution in [0.5, 0.6) is 11.5 Å². The van der Waals surface area contributed by atoms with Crippen LogP contribution in [0.25, 0.3) is 0 Å². The summed E-state index contributed by atoms with van der Waals surface area (Å²) in [6.45, 7) is 1.58. The van der Waals surface area contributed by atoms with Gasteiger partial charge in [0.25, 0.3) is 11.6 Å². The van der Waals surface area contributed by atoms with E-state index in [1.807, 2.05) is 0 Å². The van der Waals surface area contributed by atoms with Crippen LogP contribution >= 0.6 is 0 Å². The van der Waals surface area contributed by atoms with Crippen molar-refractivity contribution in [2.75, 3.05) is 20.8 Å². The van der Waals surface area contributed by atoms with Gasteiger partial charge in [0.15, 0.2) is 17.6 Å². The van der Waals surface area contributed by atoms with Crippen molar-refractivity contribution in [2.45, 2.75) is 19.4 Å². The lowest BCUT2D eigenvalue weighted by Gasteiger charge is -2.15. The second-order valence-corrected chi connectivity index (χ2v) is 6.20. The fourth-order valence-corrected chi connectivity index (χ4v) is 2.59. The average molecular weight is 420 g/mol. The number of carbonyl (C=O) groups excluding carboxylic acids is 2. The van der Waals surface area contributed by atoms with Gasteiger partial charge in [-0.1, -0.05) is 12.1 Å². The highest BCUT2D eigenvalue weighted by Gasteiger charge is 2.28. The zero-order valence-corrected chi connectivity index (χ0v) is 16.6. The number of nitrogens with one attached hydrogen (secondary N) is 1. The molecule has 2 aromatic rings. The molecular weight excluding hydrogens is 399 g/mol. The Hall–Kier alpha value is -3.69. The molecule has 1 atom stereocenters. The van der Waals surface area contributed by atoms with Gasteiger partial charge in [0.05, 0.1) is 25.2 Å².